The van der Waals surface area contributed by atoms with Crippen molar-refractivity contribution in [1.82, 2.24) is 9.55 Å². The summed E-state index contributed by atoms with van der Waals surface area (Å²) in [5.74, 6) is 0.202. The Morgan fingerprint density at radius 3 is 2.75 bits per heavy atom. The molecule has 3 aromatic rings. The van der Waals surface area contributed by atoms with E-state index in [9.17, 15) is 14.1 Å². The number of aliphatic hydroxyl groups excluding tert-OH is 1. The number of piperidine rings is 1. The van der Waals surface area contributed by atoms with E-state index in [0.29, 0.717) is 24.0 Å². The number of aromatic nitrogens is 2. The molecule has 5 rings (SSSR count). The lowest BCUT2D eigenvalue weighted by molar-refractivity contribution is 0.0756. The second-order valence-corrected chi connectivity index (χ2v) is 10.2. The number of hydrogen-bond acceptors (Lipinski definition) is 6. The molecule has 0 radical (unpaired) electrons. The standard InChI is InChI=1S/C27H31N3O5S/c1-2-26(31)22-13-18(16-35-36(33)34)7-8-23(22)29-11-9-19(10-12-29)27(32)14-24-20-5-3-4-6-21(20)25-15-28-17-30(24)25/h3-8,13,15,17,19,24,27,32H,2,9-12,14,16H2,1H3,(H,33,34). The van der Waals surface area contributed by atoms with Crippen molar-refractivity contribution in [1.29, 1.82) is 0 Å². The molecule has 2 aliphatic heterocycles. The first-order valence-electron chi connectivity index (χ1n) is 12.4. The van der Waals surface area contributed by atoms with Crippen LogP contribution in [0.15, 0.2) is 55.0 Å². The van der Waals surface area contributed by atoms with Gasteiger partial charge >= 0.3 is 11.4 Å². The van der Waals surface area contributed by atoms with E-state index in [2.05, 4.69) is 26.6 Å². The summed E-state index contributed by atoms with van der Waals surface area (Å²) in [4.78, 5) is 19.2. The number of aliphatic hydroxyl groups is 1. The summed E-state index contributed by atoms with van der Waals surface area (Å²) < 4.78 is 26.7. The molecule has 3 atom stereocenters. The van der Waals surface area contributed by atoms with Crippen molar-refractivity contribution in [3.63, 3.8) is 0 Å². The van der Waals surface area contributed by atoms with Crippen molar-refractivity contribution in [3.05, 3.63) is 71.7 Å². The minimum absolute atomic E-state index is 0.0233. The van der Waals surface area contributed by atoms with Gasteiger partial charge in [-0.25, -0.2) is 4.98 Å². The maximum absolute atomic E-state index is 12.7. The van der Waals surface area contributed by atoms with Crippen molar-refractivity contribution in [3.8, 4) is 11.3 Å². The zero-order chi connectivity index (χ0) is 25.2. The average molecular weight is 510 g/mol. The zero-order valence-electron chi connectivity index (χ0n) is 20.2. The molecule has 0 bridgehead atoms. The summed E-state index contributed by atoms with van der Waals surface area (Å²) in [7, 11) is 0. The van der Waals surface area contributed by atoms with Crippen LogP contribution >= 0.6 is 0 Å². The molecule has 1 saturated heterocycles. The number of imidazole rings is 1. The third kappa shape index (κ3) is 4.88. The van der Waals surface area contributed by atoms with E-state index in [1.807, 2.05) is 43.7 Å². The van der Waals surface area contributed by atoms with Crippen LogP contribution in [0.2, 0.25) is 0 Å². The van der Waals surface area contributed by atoms with Gasteiger partial charge < -0.3 is 14.6 Å². The van der Waals surface area contributed by atoms with Crippen LogP contribution in [0.1, 0.15) is 60.1 Å². The van der Waals surface area contributed by atoms with Crippen LogP contribution in [-0.2, 0) is 22.2 Å². The zero-order valence-corrected chi connectivity index (χ0v) is 21.1. The van der Waals surface area contributed by atoms with Crippen LogP contribution in [0.5, 0.6) is 0 Å². The van der Waals surface area contributed by atoms with E-state index in [1.165, 1.54) is 11.1 Å². The molecule has 3 heterocycles. The van der Waals surface area contributed by atoms with E-state index in [0.717, 1.165) is 37.3 Å². The van der Waals surface area contributed by atoms with Gasteiger partial charge in [0.25, 0.3) is 0 Å². The predicted octanol–water partition coefficient (Wildman–Crippen LogP) is 4.37. The van der Waals surface area contributed by atoms with Gasteiger partial charge in [0.1, 0.15) is 0 Å². The Kier molecular flexibility index (Phi) is 7.34. The number of rotatable bonds is 9. The van der Waals surface area contributed by atoms with E-state index in [-0.39, 0.29) is 24.3 Å². The second kappa shape index (κ2) is 10.6. The number of benzene rings is 2. The maximum atomic E-state index is 12.7. The summed E-state index contributed by atoms with van der Waals surface area (Å²) >= 11 is -2.35. The number of anilines is 1. The van der Waals surface area contributed by atoms with Crippen LogP contribution in [0.25, 0.3) is 11.3 Å². The molecular weight excluding hydrogens is 478 g/mol. The van der Waals surface area contributed by atoms with Gasteiger partial charge in [0.2, 0.25) is 0 Å². The molecule has 190 valence electrons. The Bertz CT molecular complexity index is 1270. The van der Waals surface area contributed by atoms with Crippen molar-refractivity contribution in [2.45, 2.75) is 51.4 Å². The molecule has 0 saturated carbocycles. The highest BCUT2D eigenvalue weighted by Gasteiger charge is 2.33. The first kappa shape index (κ1) is 24.8. The minimum Gasteiger partial charge on any atom is -0.393 e. The number of hydrogen-bond donors (Lipinski definition) is 2. The van der Waals surface area contributed by atoms with Gasteiger partial charge in [0.05, 0.1) is 37.0 Å². The third-order valence-corrected chi connectivity index (χ3v) is 7.82. The van der Waals surface area contributed by atoms with E-state index < -0.39 is 17.5 Å². The van der Waals surface area contributed by atoms with Gasteiger partial charge in [-0.1, -0.05) is 37.3 Å². The molecule has 2 N–H and O–H groups in total. The highest BCUT2D eigenvalue weighted by Crippen LogP contribution is 2.42. The first-order chi connectivity index (χ1) is 17.5. The smallest absolute Gasteiger partial charge is 0.302 e. The van der Waals surface area contributed by atoms with E-state index in [1.54, 1.807) is 6.07 Å². The quantitative estimate of drug-likeness (QED) is 0.326. The lowest BCUT2D eigenvalue weighted by Crippen LogP contribution is -2.39. The molecule has 2 aromatic carbocycles. The number of carbonyl (C=O) groups excluding carboxylic acids is 1. The fraction of sp³-hybridized carbons (Fsp3) is 0.407. The molecule has 0 amide bonds. The molecule has 8 nitrogen and oxygen atoms in total. The van der Waals surface area contributed by atoms with Gasteiger partial charge in [0, 0.05) is 36.3 Å². The summed E-state index contributed by atoms with van der Waals surface area (Å²) in [6, 6.07) is 13.9. The normalized spacial score (nSPS) is 19.1. The molecule has 1 fully saturated rings. The van der Waals surface area contributed by atoms with E-state index in [4.69, 9.17) is 8.74 Å². The first-order valence-corrected chi connectivity index (χ1v) is 13.4. The largest absolute Gasteiger partial charge is 0.393 e. The van der Waals surface area contributed by atoms with Crippen molar-refractivity contribution in [2.24, 2.45) is 5.92 Å². The van der Waals surface area contributed by atoms with Gasteiger partial charge in [-0.15, -0.1) is 0 Å². The Labute approximate surface area is 213 Å². The fourth-order valence-electron chi connectivity index (χ4n) is 5.60. The highest BCUT2D eigenvalue weighted by atomic mass is 32.2. The fourth-order valence-corrected chi connectivity index (χ4v) is 5.84. The van der Waals surface area contributed by atoms with E-state index >= 15 is 0 Å². The molecule has 3 unspecified atom stereocenters. The Morgan fingerprint density at radius 2 is 2.00 bits per heavy atom. The van der Waals surface area contributed by atoms with Crippen molar-refractivity contribution in [2.75, 3.05) is 18.0 Å². The molecule has 0 spiro atoms. The van der Waals surface area contributed by atoms with Gasteiger partial charge in [0.15, 0.2) is 5.78 Å². The second-order valence-electron chi connectivity index (χ2n) is 9.52. The SMILES string of the molecule is CCC(=O)c1cc(COS(=O)O)ccc1N1CCC(C(O)CC2c3ccccc3-c3cncn32)CC1. The summed E-state index contributed by atoms with van der Waals surface area (Å²) in [6.07, 6.45) is 5.99. The molecular formula is C27H31N3O5S. The summed E-state index contributed by atoms with van der Waals surface area (Å²) in [6.45, 7) is 3.29. The van der Waals surface area contributed by atoms with Gasteiger partial charge in [-0.3, -0.25) is 13.5 Å². The van der Waals surface area contributed by atoms with Crippen molar-refractivity contribution < 1.29 is 22.8 Å². The highest BCUT2D eigenvalue weighted by molar-refractivity contribution is 7.74. The minimum atomic E-state index is -2.35. The molecule has 9 heteroatoms. The van der Waals surface area contributed by atoms with Crippen LogP contribution in [0.3, 0.4) is 0 Å². The van der Waals surface area contributed by atoms with Gasteiger partial charge in [-0.2, -0.15) is 4.21 Å². The summed E-state index contributed by atoms with van der Waals surface area (Å²) in [5, 5.41) is 11.2. The monoisotopic (exact) mass is 509 g/mol. The molecule has 36 heavy (non-hydrogen) atoms. The van der Waals surface area contributed by atoms with Gasteiger partial charge in [-0.05, 0) is 48.4 Å². The number of ketones is 1. The van der Waals surface area contributed by atoms with Crippen LogP contribution in [0.4, 0.5) is 5.69 Å². The number of fused-ring (bicyclic) bond motifs is 3. The van der Waals surface area contributed by atoms with Crippen LogP contribution in [0, 0.1) is 5.92 Å². The molecule has 2 aliphatic rings. The van der Waals surface area contributed by atoms with Crippen molar-refractivity contribution >= 4 is 22.8 Å². The topological polar surface area (TPSA) is 105 Å². The number of carbonyl (C=O) groups is 1. The lowest BCUT2D eigenvalue weighted by atomic mass is 9.86. The number of nitrogens with zero attached hydrogens (tertiary/aromatic N) is 3. The Hall–Kier alpha value is -2.85. The maximum Gasteiger partial charge on any atom is 0.302 e. The van der Waals surface area contributed by atoms with Crippen LogP contribution < -0.4 is 4.90 Å². The molecule has 1 aromatic heterocycles. The number of Topliss-reactive ketones (excluding diaryl/α,β-unsaturated/α-hetero) is 1. The summed E-state index contributed by atoms with van der Waals surface area (Å²) in [5.41, 5.74) is 5.69. The van der Waals surface area contributed by atoms with Crippen LogP contribution in [-0.4, -0.2) is 48.4 Å². The predicted molar refractivity (Wildman–Crippen MR) is 138 cm³/mol. The Balaban J connectivity index is 1.26. The average Bonchev–Trinajstić information content (AvgIpc) is 3.49. The lowest BCUT2D eigenvalue weighted by Gasteiger charge is -2.37. The third-order valence-electron chi connectivity index (χ3n) is 7.50. The Morgan fingerprint density at radius 1 is 1.22 bits per heavy atom. The molecule has 0 aliphatic carbocycles.